The molecule has 1 aliphatic carbocycles. The maximum Gasteiger partial charge on any atom is 0.303 e. The highest BCUT2D eigenvalue weighted by Crippen LogP contribution is 2.44. The zero-order valence-electron chi connectivity index (χ0n) is 27.2. The highest BCUT2D eigenvalue weighted by atomic mass is 28.4. The van der Waals surface area contributed by atoms with Gasteiger partial charge in [-0.2, -0.15) is 0 Å². The van der Waals surface area contributed by atoms with E-state index in [-0.39, 0.29) is 40.5 Å². The monoisotopic (exact) mass is 582 g/mol. The van der Waals surface area contributed by atoms with E-state index < -0.39 is 28.7 Å². The number of carboxylic acids is 1. The number of carbonyl (C=O) groups is 1. The summed E-state index contributed by atoms with van der Waals surface area (Å²) in [6, 6.07) is 0. The van der Waals surface area contributed by atoms with Crippen molar-refractivity contribution in [3.8, 4) is 0 Å². The van der Waals surface area contributed by atoms with Crippen LogP contribution < -0.4 is 0 Å². The number of unbranched alkanes of at least 4 members (excludes halogenated alkanes) is 3. The number of rotatable bonds is 16. The lowest BCUT2D eigenvalue weighted by Gasteiger charge is -2.40. The number of hydrogen-bond donors (Lipinski definition) is 2. The van der Waals surface area contributed by atoms with Crippen molar-refractivity contribution in [2.24, 2.45) is 11.8 Å². The minimum atomic E-state index is -2.02. The fourth-order valence-corrected chi connectivity index (χ4v) is 7.38. The first-order valence-electron chi connectivity index (χ1n) is 15.4. The van der Waals surface area contributed by atoms with Crippen LogP contribution >= 0.6 is 0 Å². The molecular formula is C32H62O5Si2. The Labute approximate surface area is 243 Å². The predicted molar refractivity (Wildman–Crippen MR) is 170 cm³/mol. The smallest absolute Gasteiger partial charge is 0.303 e. The van der Waals surface area contributed by atoms with Crippen molar-refractivity contribution in [3.05, 3.63) is 24.3 Å². The third-order valence-electron chi connectivity index (χ3n) is 9.37. The van der Waals surface area contributed by atoms with Gasteiger partial charge >= 0.3 is 5.97 Å². The molecule has 5 nitrogen and oxygen atoms in total. The quantitative estimate of drug-likeness (QED) is 0.108. The largest absolute Gasteiger partial charge is 0.481 e. The Morgan fingerprint density at radius 3 is 2.13 bits per heavy atom. The molecule has 228 valence electrons. The summed E-state index contributed by atoms with van der Waals surface area (Å²) in [6.07, 6.45) is 16.1. The molecule has 1 unspecified atom stereocenters. The first-order valence-corrected chi connectivity index (χ1v) is 21.2. The van der Waals surface area contributed by atoms with Crippen molar-refractivity contribution in [3.63, 3.8) is 0 Å². The van der Waals surface area contributed by atoms with Gasteiger partial charge in [0, 0.05) is 12.3 Å². The summed E-state index contributed by atoms with van der Waals surface area (Å²) in [5, 5.41) is 20.3. The van der Waals surface area contributed by atoms with Gasteiger partial charge in [-0.3, -0.25) is 4.79 Å². The lowest BCUT2D eigenvalue weighted by molar-refractivity contribution is -0.137. The third kappa shape index (κ3) is 12.0. The van der Waals surface area contributed by atoms with Crippen LogP contribution in [0, 0.1) is 11.8 Å². The molecule has 0 aliphatic heterocycles. The molecule has 1 saturated carbocycles. The maximum atomic E-state index is 11.2. The van der Waals surface area contributed by atoms with E-state index >= 15 is 0 Å². The average molecular weight is 583 g/mol. The summed E-state index contributed by atoms with van der Waals surface area (Å²) in [5.74, 6) is -0.552. The van der Waals surface area contributed by atoms with Crippen LogP contribution in [0.1, 0.15) is 106 Å². The van der Waals surface area contributed by atoms with Crippen LogP contribution in [0.3, 0.4) is 0 Å². The summed E-state index contributed by atoms with van der Waals surface area (Å²) in [5.41, 5.74) is 0. The van der Waals surface area contributed by atoms with E-state index in [1.807, 2.05) is 0 Å². The molecule has 39 heavy (non-hydrogen) atoms. The van der Waals surface area contributed by atoms with E-state index in [2.05, 4.69) is 99.0 Å². The lowest BCUT2D eigenvalue weighted by Crippen LogP contribution is -2.45. The molecule has 0 amide bonds. The predicted octanol–water partition coefficient (Wildman–Crippen LogP) is 9.10. The maximum absolute atomic E-state index is 11.2. The van der Waals surface area contributed by atoms with Crippen LogP contribution in [-0.4, -0.2) is 51.1 Å². The number of aliphatic hydroxyl groups excluding tert-OH is 1. The van der Waals surface area contributed by atoms with Gasteiger partial charge in [0.1, 0.15) is 0 Å². The Hall–Kier alpha value is -0.736. The van der Waals surface area contributed by atoms with Crippen LogP contribution in [0.4, 0.5) is 0 Å². The molecular weight excluding hydrogens is 521 g/mol. The summed E-state index contributed by atoms with van der Waals surface area (Å²) in [4.78, 5) is 10.8. The van der Waals surface area contributed by atoms with Gasteiger partial charge in [0.05, 0.1) is 18.3 Å². The molecule has 0 aromatic rings. The van der Waals surface area contributed by atoms with Crippen LogP contribution in [-0.2, 0) is 13.6 Å². The van der Waals surface area contributed by atoms with Gasteiger partial charge in [-0.1, -0.05) is 92.0 Å². The number of aliphatic hydroxyl groups is 1. The Bertz CT molecular complexity index is 791. The van der Waals surface area contributed by atoms with E-state index in [0.717, 1.165) is 25.7 Å². The topological polar surface area (TPSA) is 76.0 Å². The average Bonchev–Trinajstić information content (AvgIpc) is 3.05. The molecule has 0 bridgehead atoms. The minimum absolute atomic E-state index is 0.00767. The Morgan fingerprint density at radius 1 is 0.974 bits per heavy atom. The first kappa shape index (κ1) is 36.3. The van der Waals surface area contributed by atoms with Crippen molar-refractivity contribution in [2.45, 2.75) is 161 Å². The summed E-state index contributed by atoms with van der Waals surface area (Å²) >= 11 is 0. The van der Waals surface area contributed by atoms with Gasteiger partial charge in [0.2, 0.25) is 0 Å². The number of carboxylic acid groups (broad SMARTS) is 1. The highest BCUT2D eigenvalue weighted by Gasteiger charge is 2.47. The van der Waals surface area contributed by atoms with Crippen LogP contribution in [0.5, 0.6) is 0 Å². The van der Waals surface area contributed by atoms with E-state index in [1.54, 1.807) is 0 Å². The molecule has 0 aromatic heterocycles. The van der Waals surface area contributed by atoms with Gasteiger partial charge in [0.15, 0.2) is 16.6 Å². The molecule has 0 spiro atoms. The molecule has 0 radical (unpaired) electrons. The molecule has 2 N–H and O–H groups in total. The molecule has 0 heterocycles. The SMILES string of the molecule is CCCCC[C@@H](/C=C/[C@H]1C(O[Si](C)(C)C(C)(C)C)C[C@H](O)[C@@H]1C/C=C\CCCC(=O)O)O[Si](C)(C)C(C)(C)C. The van der Waals surface area contributed by atoms with E-state index in [9.17, 15) is 9.90 Å². The standard InChI is InChI=1S/C32H62O5Si2/c1-12-13-16-19-25(36-38(8,9)31(2,3)4)22-23-27-26(20-17-14-15-18-21-30(34)35)28(33)24-29(27)37-39(10,11)32(5,6)7/h14,17,22-23,25-29,33H,12-13,15-16,18-21,24H2,1-11H3,(H,34,35)/b17-14-,23-22+/t25-,26+,27+,28-,29?/m0/s1. The van der Waals surface area contributed by atoms with E-state index in [0.29, 0.717) is 12.8 Å². The van der Waals surface area contributed by atoms with Gasteiger partial charge in [-0.05, 0) is 74.3 Å². The molecule has 7 heteroatoms. The van der Waals surface area contributed by atoms with Crippen LogP contribution in [0.15, 0.2) is 24.3 Å². The second-order valence-electron chi connectivity index (χ2n) is 14.8. The van der Waals surface area contributed by atoms with Crippen molar-refractivity contribution in [2.75, 3.05) is 0 Å². The highest BCUT2D eigenvalue weighted by molar-refractivity contribution is 6.74. The van der Waals surface area contributed by atoms with Gasteiger partial charge in [0.25, 0.3) is 0 Å². The number of allylic oxidation sites excluding steroid dienone is 2. The second kappa shape index (κ2) is 15.5. The Morgan fingerprint density at radius 2 is 1.59 bits per heavy atom. The normalized spacial score (nSPS) is 24.2. The fraction of sp³-hybridized carbons (Fsp3) is 0.844. The molecule has 1 rings (SSSR count). The molecule has 1 fully saturated rings. The number of aliphatic carboxylic acids is 1. The first-order chi connectivity index (χ1) is 17.8. The number of hydrogen-bond acceptors (Lipinski definition) is 4. The van der Waals surface area contributed by atoms with Crippen molar-refractivity contribution in [1.82, 2.24) is 0 Å². The summed E-state index contributed by atoms with van der Waals surface area (Å²) in [6.45, 7) is 25.2. The van der Waals surface area contributed by atoms with E-state index in [4.69, 9.17) is 14.0 Å². The summed E-state index contributed by atoms with van der Waals surface area (Å²) < 4.78 is 13.8. The fourth-order valence-electron chi connectivity index (χ4n) is 4.70. The second-order valence-corrected chi connectivity index (χ2v) is 24.3. The zero-order valence-corrected chi connectivity index (χ0v) is 29.2. The van der Waals surface area contributed by atoms with Crippen molar-refractivity contribution < 1.29 is 23.9 Å². The van der Waals surface area contributed by atoms with Crippen molar-refractivity contribution >= 4 is 22.6 Å². The van der Waals surface area contributed by atoms with Gasteiger partial charge < -0.3 is 19.1 Å². The molecule has 5 atom stereocenters. The van der Waals surface area contributed by atoms with Gasteiger partial charge in [-0.15, -0.1) is 0 Å². The van der Waals surface area contributed by atoms with Crippen molar-refractivity contribution in [1.29, 1.82) is 0 Å². The summed E-state index contributed by atoms with van der Waals surface area (Å²) in [7, 11) is -3.95. The van der Waals surface area contributed by atoms with Crippen LogP contribution in [0.2, 0.25) is 36.3 Å². The third-order valence-corrected chi connectivity index (χ3v) is 18.4. The van der Waals surface area contributed by atoms with E-state index in [1.165, 1.54) is 12.8 Å². The molecule has 0 saturated heterocycles. The lowest BCUT2D eigenvalue weighted by atomic mass is 9.89. The molecule has 1 aliphatic rings. The van der Waals surface area contributed by atoms with Crippen LogP contribution in [0.25, 0.3) is 0 Å². The molecule has 0 aromatic carbocycles. The Balaban J connectivity index is 3.22. The van der Waals surface area contributed by atoms with Gasteiger partial charge in [-0.25, -0.2) is 0 Å². The zero-order chi connectivity index (χ0) is 30.1. The Kier molecular flexibility index (Phi) is 14.4. The minimum Gasteiger partial charge on any atom is -0.481 e.